The second kappa shape index (κ2) is 3.69. The molecule has 5 rings (SSSR count). The first-order chi connectivity index (χ1) is 8.90. The minimum Gasteiger partial charge on any atom is -0.396 e. The van der Waals surface area contributed by atoms with Gasteiger partial charge in [0.25, 0.3) is 0 Å². The van der Waals surface area contributed by atoms with Crippen molar-refractivity contribution in [2.75, 3.05) is 6.61 Å². The molecule has 0 unspecified atom stereocenters. The van der Waals surface area contributed by atoms with E-state index in [0.29, 0.717) is 24.4 Å². The summed E-state index contributed by atoms with van der Waals surface area (Å²) in [6.07, 6.45) is 1.09. The lowest BCUT2D eigenvalue weighted by atomic mass is 9.59. The zero-order valence-corrected chi connectivity index (χ0v) is 10.2. The van der Waals surface area contributed by atoms with Crippen molar-refractivity contribution in [2.45, 2.75) is 18.3 Å². The van der Waals surface area contributed by atoms with E-state index in [4.69, 9.17) is 0 Å². The quantitative estimate of drug-likeness (QED) is 0.805. The van der Waals surface area contributed by atoms with Gasteiger partial charge in [-0.25, -0.2) is 0 Å². The van der Waals surface area contributed by atoms with Gasteiger partial charge in [0.2, 0.25) is 0 Å². The van der Waals surface area contributed by atoms with Crippen molar-refractivity contribution >= 4 is 0 Å². The van der Waals surface area contributed by atoms with Gasteiger partial charge in [-0.1, -0.05) is 48.5 Å². The van der Waals surface area contributed by atoms with E-state index in [1.54, 1.807) is 0 Å². The molecule has 0 radical (unpaired) electrons. The number of benzene rings is 2. The summed E-state index contributed by atoms with van der Waals surface area (Å²) in [6, 6.07) is 17.5. The lowest BCUT2D eigenvalue weighted by Gasteiger charge is -2.45. The Bertz CT molecular complexity index is 555. The molecular weight excluding hydrogens is 220 g/mol. The van der Waals surface area contributed by atoms with Gasteiger partial charge in [0.1, 0.15) is 0 Å². The summed E-state index contributed by atoms with van der Waals surface area (Å²) in [6.45, 7) is 0.295. The van der Waals surface area contributed by atoms with E-state index in [-0.39, 0.29) is 0 Å². The Kier molecular flexibility index (Phi) is 2.12. The zero-order valence-electron chi connectivity index (χ0n) is 10.2. The molecule has 0 fully saturated rings. The minimum absolute atomic E-state index is 0.295. The first kappa shape index (κ1) is 10.3. The Morgan fingerprint density at radius 3 is 1.83 bits per heavy atom. The monoisotopic (exact) mass is 236 g/mol. The van der Waals surface area contributed by atoms with Crippen LogP contribution in [0, 0.1) is 5.92 Å². The van der Waals surface area contributed by atoms with E-state index < -0.39 is 0 Å². The van der Waals surface area contributed by atoms with E-state index in [0.717, 1.165) is 6.42 Å². The van der Waals surface area contributed by atoms with Crippen molar-refractivity contribution in [2.24, 2.45) is 5.92 Å². The van der Waals surface area contributed by atoms with Crippen LogP contribution in [0.5, 0.6) is 0 Å². The Hall–Kier alpha value is -1.60. The summed E-state index contributed by atoms with van der Waals surface area (Å²) in [5, 5.41) is 9.66. The van der Waals surface area contributed by atoms with Gasteiger partial charge in [0, 0.05) is 18.4 Å². The summed E-state index contributed by atoms with van der Waals surface area (Å²) in [7, 11) is 0. The van der Waals surface area contributed by atoms with Crippen molar-refractivity contribution in [3.8, 4) is 0 Å². The SMILES string of the molecule is OC[C@@H]1CC2c3ccccc3C1c1ccccc12. The Balaban J connectivity index is 2.00. The average molecular weight is 236 g/mol. The molecule has 1 atom stereocenters. The molecule has 0 saturated heterocycles. The third-order valence-corrected chi connectivity index (χ3v) is 4.66. The highest BCUT2D eigenvalue weighted by Crippen LogP contribution is 2.54. The summed E-state index contributed by atoms with van der Waals surface area (Å²) in [5.41, 5.74) is 5.83. The lowest BCUT2D eigenvalue weighted by Crippen LogP contribution is -2.33. The van der Waals surface area contributed by atoms with Gasteiger partial charge in [-0.15, -0.1) is 0 Å². The molecule has 1 N–H and O–H groups in total. The minimum atomic E-state index is 0.295. The van der Waals surface area contributed by atoms with E-state index in [9.17, 15) is 5.11 Å². The predicted molar refractivity (Wildman–Crippen MR) is 71.8 cm³/mol. The molecule has 0 amide bonds. The maximum absolute atomic E-state index is 9.66. The van der Waals surface area contributed by atoms with Crippen molar-refractivity contribution in [1.82, 2.24) is 0 Å². The van der Waals surface area contributed by atoms with Gasteiger partial charge in [-0.3, -0.25) is 0 Å². The predicted octanol–water partition coefficient (Wildman–Crippen LogP) is 3.28. The van der Waals surface area contributed by atoms with Gasteiger partial charge in [0.05, 0.1) is 0 Å². The number of rotatable bonds is 1. The van der Waals surface area contributed by atoms with Crippen LogP contribution in [0.2, 0.25) is 0 Å². The molecule has 1 nitrogen and oxygen atoms in total. The third kappa shape index (κ3) is 1.20. The molecule has 0 spiro atoms. The van der Waals surface area contributed by atoms with Crippen molar-refractivity contribution in [3.63, 3.8) is 0 Å². The normalized spacial score (nSPS) is 27.7. The van der Waals surface area contributed by atoms with E-state index in [2.05, 4.69) is 48.5 Å². The molecule has 1 heteroatoms. The first-order valence-corrected chi connectivity index (χ1v) is 6.68. The topological polar surface area (TPSA) is 20.2 Å². The van der Waals surface area contributed by atoms with Gasteiger partial charge < -0.3 is 5.11 Å². The fourth-order valence-electron chi connectivity index (χ4n) is 3.94. The van der Waals surface area contributed by atoms with Crippen LogP contribution in [-0.2, 0) is 0 Å². The Morgan fingerprint density at radius 1 is 0.833 bits per heavy atom. The van der Waals surface area contributed by atoms with Crippen LogP contribution in [-0.4, -0.2) is 11.7 Å². The maximum atomic E-state index is 9.66. The van der Waals surface area contributed by atoms with Crippen LogP contribution in [0.4, 0.5) is 0 Å². The molecule has 0 saturated carbocycles. The van der Waals surface area contributed by atoms with Crippen LogP contribution in [0.25, 0.3) is 0 Å². The molecule has 2 aromatic carbocycles. The van der Waals surface area contributed by atoms with Crippen LogP contribution < -0.4 is 0 Å². The highest BCUT2D eigenvalue weighted by Gasteiger charge is 2.42. The molecule has 3 aliphatic rings. The molecule has 3 aliphatic carbocycles. The standard InChI is InChI=1S/C17H16O/c18-10-11-9-16-12-5-1-3-7-14(12)17(11)15-8-4-2-6-13(15)16/h1-8,11,16-18H,9-10H2/t11-,16?,17?/m0/s1. The molecule has 0 heterocycles. The summed E-state index contributed by atoms with van der Waals surface area (Å²) < 4.78 is 0. The number of aliphatic hydroxyl groups excluding tert-OH is 1. The highest BCUT2D eigenvalue weighted by atomic mass is 16.3. The number of fused-ring (bicyclic) bond motifs is 1. The average Bonchev–Trinajstić information content (AvgIpc) is 2.47. The largest absolute Gasteiger partial charge is 0.396 e. The zero-order chi connectivity index (χ0) is 12.1. The Morgan fingerprint density at radius 2 is 1.33 bits per heavy atom. The molecule has 0 aromatic heterocycles. The van der Waals surface area contributed by atoms with E-state index in [1.165, 1.54) is 22.3 Å². The highest BCUT2D eigenvalue weighted by molar-refractivity contribution is 5.55. The number of hydrogen-bond donors (Lipinski definition) is 1. The first-order valence-electron chi connectivity index (χ1n) is 6.68. The number of hydrogen-bond acceptors (Lipinski definition) is 1. The lowest BCUT2D eigenvalue weighted by molar-refractivity contribution is 0.186. The van der Waals surface area contributed by atoms with Crippen molar-refractivity contribution in [3.05, 3.63) is 70.8 Å². The molecule has 2 aromatic rings. The maximum Gasteiger partial charge on any atom is 0.0468 e. The van der Waals surface area contributed by atoms with Crippen LogP contribution in [0.3, 0.4) is 0 Å². The summed E-state index contributed by atoms with van der Waals surface area (Å²) >= 11 is 0. The third-order valence-electron chi connectivity index (χ3n) is 4.66. The van der Waals surface area contributed by atoms with Crippen LogP contribution in [0.1, 0.15) is 40.5 Å². The van der Waals surface area contributed by atoms with Crippen molar-refractivity contribution < 1.29 is 5.11 Å². The summed E-state index contributed by atoms with van der Waals surface area (Å²) in [4.78, 5) is 0. The molecule has 18 heavy (non-hydrogen) atoms. The van der Waals surface area contributed by atoms with Gasteiger partial charge in [-0.2, -0.15) is 0 Å². The van der Waals surface area contributed by atoms with Crippen LogP contribution >= 0.6 is 0 Å². The fourth-order valence-corrected chi connectivity index (χ4v) is 3.94. The molecular formula is C17H16O. The second-order valence-electron chi connectivity index (χ2n) is 5.47. The van der Waals surface area contributed by atoms with Crippen molar-refractivity contribution in [1.29, 1.82) is 0 Å². The van der Waals surface area contributed by atoms with Crippen LogP contribution in [0.15, 0.2) is 48.5 Å². The molecule has 0 aliphatic heterocycles. The Labute approximate surface area is 107 Å². The second-order valence-corrected chi connectivity index (χ2v) is 5.47. The number of aliphatic hydroxyl groups is 1. The smallest absolute Gasteiger partial charge is 0.0468 e. The molecule has 90 valence electrons. The van der Waals surface area contributed by atoms with Gasteiger partial charge >= 0.3 is 0 Å². The van der Waals surface area contributed by atoms with Gasteiger partial charge in [-0.05, 0) is 34.6 Å². The summed E-state index contributed by atoms with van der Waals surface area (Å²) in [5.74, 6) is 1.27. The fraction of sp³-hybridized carbons (Fsp3) is 0.294. The van der Waals surface area contributed by atoms with Gasteiger partial charge in [0.15, 0.2) is 0 Å². The van der Waals surface area contributed by atoms with E-state index in [1.807, 2.05) is 0 Å². The van der Waals surface area contributed by atoms with E-state index >= 15 is 0 Å². The molecule has 2 bridgehead atoms.